The lowest BCUT2D eigenvalue weighted by molar-refractivity contribution is -0.885. The van der Waals surface area contributed by atoms with Crippen molar-refractivity contribution in [1.82, 2.24) is 5.32 Å². The fourth-order valence-corrected chi connectivity index (χ4v) is 3.56. The first-order chi connectivity index (χ1) is 11.7. The standard InChI is InChI=1S/C19H24N2OS2/c1-21(14-16-8-10-17(23-2)11-9-16)15-19(22)20-12-13-24-18-6-4-3-5-7-18/h3-11H,12-15H2,1-2H3,(H,20,22)/p+1. The Morgan fingerprint density at radius 1 is 1.04 bits per heavy atom. The molecule has 0 aromatic heterocycles. The van der Waals surface area contributed by atoms with Gasteiger partial charge in [-0.05, 0) is 30.5 Å². The molecule has 0 spiro atoms. The first-order valence-electron chi connectivity index (χ1n) is 8.06. The van der Waals surface area contributed by atoms with Crippen LogP contribution in [0.2, 0.25) is 0 Å². The van der Waals surface area contributed by atoms with Gasteiger partial charge in [-0.2, -0.15) is 0 Å². The lowest BCUT2D eigenvalue weighted by Crippen LogP contribution is -3.08. The maximum atomic E-state index is 12.0. The molecule has 0 bridgehead atoms. The van der Waals surface area contributed by atoms with Crippen LogP contribution in [0.1, 0.15) is 5.56 Å². The van der Waals surface area contributed by atoms with E-state index >= 15 is 0 Å². The maximum absolute atomic E-state index is 12.0. The molecule has 0 radical (unpaired) electrons. The molecule has 0 saturated carbocycles. The molecule has 1 amide bonds. The zero-order valence-corrected chi connectivity index (χ0v) is 15.9. The lowest BCUT2D eigenvalue weighted by Gasteiger charge is -2.14. The smallest absolute Gasteiger partial charge is 0.275 e. The largest absolute Gasteiger partial charge is 0.350 e. The molecule has 2 aromatic carbocycles. The van der Waals surface area contributed by atoms with Crippen LogP contribution < -0.4 is 10.2 Å². The van der Waals surface area contributed by atoms with E-state index in [-0.39, 0.29) is 5.91 Å². The van der Waals surface area contributed by atoms with E-state index in [0.29, 0.717) is 13.1 Å². The van der Waals surface area contributed by atoms with Gasteiger partial charge in [-0.3, -0.25) is 4.79 Å². The van der Waals surface area contributed by atoms with Crippen molar-refractivity contribution < 1.29 is 9.69 Å². The van der Waals surface area contributed by atoms with Gasteiger partial charge in [0.05, 0.1) is 7.05 Å². The van der Waals surface area contributed by atoms with Crippen LogP contribution in [-0.2, 0) is 11.3 Å². The van der Waals surface area contributed by atoms with Gasteiger partial charge in [0.1, 0.15) is 6.54 Å². The second-order valence-electron chi connectivity index (χ2n) is 5.67. The molecule has 0 saturated heterocycles. The van der Waals surface area contributed by atoms with Crippen LogP contribution in [0, 0.1) is 0 Å². The van der Waals surface area contributed by atoms with Gasteiger partial charge >= 0.3 is 0 Å². The zero-order chi connectivity index (χ0) is 17.2. The molecule has 0 aliphatic rings. The normalized spacial score (nSPS) is 11.9. The lowest BCUT2D eigenvalue weighted by atomic mass is 10.2. The Bertz CT molecular complexity index is 617. The summed E-state index contributed by atoms with van der Waals surface area (Å²) in [5.74, 6) is 1.01. The molecule has 5 heteroatoms. The summed E-state index contributed by atoms with van der Waals surface area (Å²) in [5.41, 5.74) is 1.26. The van der Waals surface area contributed by atoms with Gasteiger partial charge in [-0.1, -0.05) is 30.3 Å². The van der Waals surface area contributed by atoms with E-state index in [1.54, 1.807) is 23.5 Å². The van der Waals surface area contributed by atoms with Gasteiger partial charge in [0.2, 0.25) is 0 Å². The number of carbonyl (C=O) groups is 1. The summed E-state index contributed by atoms with van der Waals surface area (Å²) in [5, 5.41) is 3.00. The van der Waals surface area contributed by atoms with Crippen molar-refractivity contribution in [3.8, 4) is 0 Å². The number of hydrogen-bond donors (Lipinski definition) is 2. The molecule has 0 aliphatic heterocycles. The third kappa shape index (κ3) is 6.99. The third-order valence-corrected chi connectivity index (χ3v) is 5.32. The zero-order valence-electron chi connectivity index (χ0n) is 14.2. The minimum absolute atomic E-state index is 0.113. The van der Waals surface area contributed by atoms with Crippen LogP contribution >= 0.6 is 23.5 Å². The summed E-state index contributed by atoms with van der Waals surface area (Å²) in [6.45, 7) is 2.06. The number of likely N-dealkylation sites (N-methyl/N-ethyl adjacent to an activating group) is 1. The Labute approximate surface area is 153 Å². The third-order valence-electron chi connectivity index (χ3n) is 3.56. The molecule has 1 atom stereocenters. The molecule has 2 rings (SSSR count). The van der Waals surface area contributed by atoms with E-state index in [1.165, 1.54) is 20.3 Å². The molecule has 24 heavy (non-hydrogen) atoms. The molecule has 0 heterocycles. The topological polar surface area (TPSA) is 33.5 Å². The molecule has 2 aromatic rings. The molecule has 2 N–H and O–H groups in total. The Morgan fingerprint density at radius 3 is 2.42 bits per heavy atom. The predicted molar refractivity (Wildman–Crippen MR) is 104 cm³/mol. The van der Waals surface area contributed by atoms with Crippen LogP contribution in [0.4, 0.5) is 0 Å². The molecular weight excluding hydrogens is 336 g/mol. The number of benzene rings is 2. The van der Waals surface area contributed by atoms with Crippen LogP contribution in [-0.4, -0.2) is 38.1 Å². The fraction of sp³-hybridized carbons (Fsp3) is 0.316. The van der Waals surface area contributed by atoms with E-state index in [9.17, 15) is 4.79 Å². The summed E-state index contributed by atoms with van der Waals surface area (Å²) in [6, 6.07) is 18.8. The van der Waals surface area contributed by atoms with E-state index in [4.69, 9.17) is 0 Å². The minimum Gasteiger partial charge on any atom is -0.350 e. The van der Waals surface area contributed by atoms with Crippen molar-refractivity contribution >= 4 is 29.4 Å². The van der Waals surface area contributed by atoms with Gasteiger partial charge in [-0.25, -0.2) is 0 Å². The Morgan fingerprint density at radius 2 is 1.75 bits per heavy atom. The monoisotopic (exact) mass is 361 g/mol. The highest BCUT2D eigenvalue weighted by molar-refractivity contribution is 7.99. The Balaban J connectivity index is 1.64. The van der Waals surface area contributed by atoms with Gasteiger partial charge in [0.25, 0.3) is 5.91 Å². The Hall–Kier alpha value is -1.43. The number of hydrogen-bond acceptors (Lipinski definition) is 3. The predicted octanol–water partition coefficient (Wildman–Crippen LogP) is 2.33. The average molecular weight is 362 g/mol. The van der Waals surface area contributed by atoms with Crippen LogP contribution in [0.15, 0.2) is 64.4 Å². The quantitative estimate of drug-likeness (QED) is 0.531. The van der Waals surface area contributed by atoms with Gasteiger partial charge in [0.15, 0.2) is 6.54 Å². The van der Waals surface area contributed by atoms with Crippen LogP contribution in [0.5, 0.6) is 0 Å². The fourth-order valence-electron chi connectivity index (χ4n) is 2.37. The minimum atomic E-state index is 0.113. The van der Waals surface area contributed by atoms with Gasteiger partial charge in [0, 0.05) is 27.7 Å². The molecule has 0 fully saturated rings. The van der Waals surface area contributed by atoms with Crippen molar-refractivity contribution in [2.75, 3.05) is 32.1 Å². The van der Waals surface area contributed by atoms with Crippen molar-refractivity contribution in [3.05, 3.63) is 60.2 Å². The highest BCUT2D eigenvalue weighted by atomic mass is 32.2. The van der Waals surface area contributed by atoms with Gasteiger partial charge < -0.3 is 10.2 Å². The second-order valence-corrected chi connectivity index (χ2v) is 7.72. The van der Waals surface area contributed by atoms with Crippen molar-refractivity contribution in [3.63, 3.8) is 0 Å². The number of rotatable bonds is 9. The first kappa shape index (κ1) is 18.9. The van der Waals surface area contributed by atoms with Crippen molar-refractivity contribution in [1.29, 1.82) is 0 Å². The maximum Gasteiger partial charge on any atom is 0.275 e. The highest BCUT2D eigenvalue weighted by Gasteiger charge is 2.10. The van der Waals surface area contributed by atoms with E-state index in [0.717, 1.165) is 12.3 Å². The van der Waals surface area contributed by atoms with Crippen LogP contribution in [0.25, 0.3) is 0 Å². The van der Waals surface area contributed by atoms with Crippen LogP contribution in [0.3, 0.4) is 0 Å². The van der Waals surface area contributed by atoms with E-state index in [2.05, 4.69) is 55.0 Å². The van der Waals surface area contributed by atoms with Gasteiger partial charge in [-0.15, -0.1) is 23.5 Å². The number of thioether (sulfide) groups is 2. The molecule has 1 unspecified atom stereocenters. The molecular formula is C19H25N2OS2+. The van der Waals surface area contributed by atoms with Crippen molar-refractivity contribution in [2.45, 2.75) is 16.3 Å². The summed E-state index contributed by atoms with van der Waals surface area (Å²) >= 11 is 3.51. The summed E-state index contributed by atoms with van der Waals surface area (Å²) in [4.78, 5) is 15.7. The molecule has 0 aliphatic carbocycles. The van der Waals surface area contributed by atoms with E-state index in [1.807, 2.05) is 18.2 Å². The molecule has 128 valence electrons. The number of carbonyl (C=O) groups excluding carboxylic acids is 1. The second kappa shape index (κ2) is 10.4. The summed E-state index contributed by atoms with van der Waals surface area (Å²) in [7, 11) is 2.06. The first-order valence-corrected chi connectivity index (χ1v) is 10.3. The number of amides is 1. The Kier molecular flexibility index (Phi) is 8.22. The van der Waals surface area contributed by atoms with E-state index < -0.39 is 0 Å². The average Bonchev–Trinajstić information content (AvgIpc) is 2.60. The molecule has 3 nitrogen and oxygen atoms in total. The number of nitrogens with one attached hydrogen (secondary N) is 2. The highest BCUT2D eigenvalue weighted by Crippen LogP contribution is 2.15. The number of quaternary nitrogens is 1. The summed E-state index contributed by atoms with van der Waals surface area (Å²) in [6.07, 6.45) is 2.08. The summed E-state index contributed by atoms with van der Waals surface area (Å²) < 4.78 is 0. The van der Waals surface area contributed by atoms with Crippen molar-refractivity contribution in [2.24, 2.45) is 0 Å². The SMILES string of the molecule is CSc1ccc(C[NH+](C)CC(=O)NCCSc2ccccc2)cc1.